The first kappa shape index (κ1) is 13.4. The average Bonchev–Trinajstić information content (AvgIpc) is 3.05. The van der Waals surface area contributed by atoms with E-state index in [-0.39, 0.29) is 5.91 Å². The quantitative estimate of drug-likeness (QED) is 0.857. The Morgan fingerprint density at radius 2 is 2.10 bits per heavy atom. The number of hydrogen-bond donors (Lipinski definition) is 1. The highest BCUT2D eigenvalue weighted by atomic mass is 16.4. The number of aryl methyl sites for hydroxylation is 2. The van der Waals surface area contributed by atoms with Crippen LogP contribution in [0.5, 0.6) is 0 Å². The Morgan fingerprint density at radius 1 is 1.33 bits per heavy atom. The highest BCUT2D eigenvalue weighted by Crippen LogP contribution is 2.24. The lowest BCUT2D eigenvalue weighted by atomic mass is 10.1. The standard InChI is InChI=1S/C16H16N2O3/c1-10-5-3-6-12-11(10)9-14(17(12)2)15(19)18-8-4-7-13(18)16(20)21/h3-7,9,13H,8H2,1-2H3,(H,20,21). The van der Waals surface area contributed by atoms with E-state index in [1.807, 2.05) is 42.8 Å². The Kier molecular flexibility index (Phi) is 3.05. The molecule has 2 aromatic rings. The molecule has 21 heavy (non-hydrogen) atoms. The molecule has 1 unspecified atom stereocenters. The third kappa shape index (κ3) is 2.01. The van der Waals surface area contributed by atoms with Gasteiger partial charge in [-0.2, -0.15) is 0 Å². The molecule has 1 aliphatic rings. The summed E-state index contributed by atoms with van der Waals surface area (Å²) in [6.45, 7) is 2.32. The van der Waals surface area contributed by atoms with Crippen LogP contribution in [0.3, 0.4) is 0 Å². The predicted octanol–water partition coefficient (Wildman–Crippen LogP) is 1.95. The molecule has 0 fully saturated rings. The van der Waals surface area contributed by atoms with Crippen LogP contribution < -0.4 is 0 Å². The molecule has 0 aliphatic carbocycles. The summed E-state index contributed by atoms with van der Waals surface area (Å²) in [6.07, 6.45) is 3.26. The van der Waals surface area contributed by atoms with Gasteiger partial charge in [0, 0.05) is 24.5 Å². The minimum Gasteiger partial charge on any atom is -0.479 e. The number of carboxylic acid groups (broad SMARTS) is 1. The van der Waals surface area contributed by atoms with Crippen molar-refractivity contribution in [2.75, 3.05) is 6.54 Å². The molecule has 108 valence electrons. The maximum atomic E-state index is 12.7. The van der Waals surface area contributed by atoms with Crippen LogP contribution in [-0.2, 0) is 11.8 Å². The number of hydrogen-bond acceptors (Lipinski definition) is 2. The number of aliphatic carboxylic acids is 1. The van der Waals surface area contributed by atoms with Crippen molar-refractivity contribution >= 4 is 22.8 Å². The van der Waals surface area contributed by atoms with Gasteiger partial charge in [-0.15, -0.1) is 0 Å². The molecule has 1 aliphatic heterocycles. The summed E-state index contributed by atoms with van der Waals surface area (Å²) in [6, 6.07) is 6.86. The molecule has 1 aromatic heterocycles. The summed E-state index contributed by atoms with van der Waals surface area (Å²) in [5, 5.41) is 10.2. The second-order valence-corrected chi connectivity index (χ2v) is 5.27. The first-order valence-electron chi connectivity index (χ1n) is 6.76. The number of benzene rings is 1. The lowest BCUT2D eigenvalue weighted by Gasteiger charge is -2.21. The zero-order chi connectivity index (χ0) is 15.1. The van der Waals surface area contributed by atoms with Crippen molar-refractivity contribution in [2.45, 2.75) is 13.0 Å². The van der Waals surface area contributed by atoms with Crippen molar-refractivity contribution in [3.05, 3.63) is 47.7 Å². The molecule has 1 atom stereocenters. The first-order chi connectivity index (χ1) is 10.0. The van der Waals surface area contributed by atoms with Gasteiger partial charge in [0.1, 0.15) is 11.7 Å². The fourth-order valence-corrected chi connectivity index (χ4v) is 2.81. The van der Waals surface area contributed by atoms with Crippen LogP contribution in [0.15, 0.2) is 36.4 Å². The molecular weight excluding hydrogens is 268 g/mol. The van der Waals surface area contributed by atoms with E-state index in [9.17, 15) is 14.7 Å². The number of rotatable bonds is 2. The maximum absolute atomic E-state index is 12.7. The zero-order valence-corrected chi connectivity index (χ0v) is 11.9. The second kappa shape index (κ2) is 4.77. The van der Waals surface area contributed by atoms with Gasteiger partial charge in [-0.25, -0.2) is 4.79 Å². The second-order valence-electron chi connectivity index (χ2n) is 5.27. The molecular formula is C16H16N2O3. The number of carbonyl (C=O) groups is 2. The summed E-state index contributed by atoms with van der Waals surface area (Å²) in [5.74, 6) is -1.27. The third-order valence-corrected chi connectivity index (χ3v) is 3.99. The maximum Gasteiger partial charge on any atom is 0.330 e. The average molecular weight is 284 g/mol. The minimum atomic E-state index is -1.01. The summed E-state index contributed by atoms with van der Waals surface area (Å²) in [5.41, 5.74) is 2.57. The van der Waals surface area contributed by atoms with E-state index in [1.54, 1.807) is 12.2 Å². The van der Waals surface area contributed by atoms with E-state index in [0.29, 0.717) is 12.2 Å². The van der Waals surface area contributed by atoms with Crippen molar-refractivity contribution in [1.29, 1.82) is 0 Å². The van der Waals surface area contributed by atoms with Gasteiger partial charge in [-0.3, -0.25) is 4.79 Å². The van der Waals surface area contributed by atoms with Gasteiger partial charge in [0.15, 0.2) is 0 Å². The Bertz CT molecular complexity index is 773. The van der Waals surface area contributed by atoms with E-state index >= 15 is 0 Å². The summed E-state index contributed by atoms with van der Waals surface area (Å²) in [4.78, 5) is 25.2. The molecule has 1 N–H and O–H groups in total. The van der Waals surface area contributed by atoms with Crippen LogP contribution in [0.25, 0.3) is 10.9 Å². The number of fused-ring (bicyclic) bond motifs is 1. The topological polar surface area (TPSA) is 62.5 Å². The fraction of sp³-hybridized carbons (Fsp3) is 0.250. The first-order valence-corrected chi connectivity index (χ1v) is 6.76. The molecule has 5 heteroatoms. The smallest absolute Gasteiger partial charge is 0.330 e. The summed E-state index contributed by atoms with van der Waals surface area (Å²) < 4.78 is 1.82. The number of carboxylic acids is 1. The van der Waals surface area contributed by atoms with Gasteiger partial charge in [0.2, 0.25) is 0 Å². The molecule has 0 radical (unpaired) electrons. The lowest BCUT2D eigenvalue weighted by molar-refractivity contribution is -0.140. The normalized spacial score (nSPS) is 17.6. The molecule has 3 rings (SSSR count). The predicted molar refractivity (Wildman–Crippen MR) is 79.3 cm³/mol. The molecule has 0 saturated carbocycles. The van der Waals surface area contributed by atoms with Crippen LogP contribution in [0.4, 0.5) is 0 Å². The monoisotopic (exact) mass is 284 g/mol. The Labute approximate surface area is 122 Å². The van der Waals surface area contributed by atoms with Crippen molar-refractivity contribution < 1.29 is 14.7 Å². The van der Waals surface area contributed by atoms with Gasteiger partial charge >= 0.3 is 5.97 Å². The van der Waals surface area contributed by atoms with Crippen molar-refractivity contribution in [1.82, 2.24) is 9.47 Å². The Balaban J connectivity index is 2.05. The van der Waals surface area contributed by atoms with Gasteiger partial charge < -0.3 is 14.6 Å². The number of aromatic nitrogens is 1. The van der Waals surface area contributed by atoms with Crippen LogP contribution >= 0.6 is 0 Å². The number of carbonyl (C=O) groups excluding carboxylic acids is 1. The third-order valence-electron chi connectivity index (χ3n) is 3.99. The van der Waals surface area contributed by atoms with Crippen LogP contribution in [0.2, 0.25) is 0 Å². The molecule has 1 amide bonds. The molecule has 1 aromatic carbocycles. The highest BCUT2D eigenvalue weighted by Gasteiger charge is 2.32. The number of nitrogens with zero attached hydrogens (tertiary/aromatic N) is 2. The van der Waals surface area contributed by atoms with Crippen molar-refractivity contribution in [3.8, 4) is 0 Å². The van der Waals surface area contributed by atoms with Crippen LogP contribution in [0.1, 0.15) is 16.1 Å². The molecule has 0 bridgehead atoms. The van der Waals surface area contributed by atoms with Gasteiger partial charge in [-0.05, 0) is 24.6 Å². The van der Waals surface area contributed by atoms with E-state index in [4.69, 9.17) is 0 Å². The summed E-state index contributed by atoms with van der Waals surface area (Å²) >= 11 is 0. The van der Waals surface area contributed by atoms with Crippen molar-refractivity contribution in [2.24, 2.45) is 7.05 Å². The molecule has 0 saturated heterocycles. The molecule has 0 spiro atoms. The summed E-state index contributed by atoms with van der Waals surface area (Å²) in [7, 11) is 1.83. The minimum absolute atomic E-state index is 0.259. The molecule has 2 heterocycles. The Morgan fingerprint density at radius 3 is 2.76 bits per heavy atom. The Hall–Kier alpha value is -2.56. The van der Waals surface area contributed by atoms with Crippen LogP contribution in [0, 0.1) is 6.92 Å². The van der Waals surface area contributed by atoms with Crippen LogP contribution in [-0.4, -0.2) is 39.0 Å². The SMILES string of the molecule is Cc1cccc2c1cc(C(=O)N1CC=CC1C(=O)O)n2C. The van der Waals surface area contributed by atoms with E-state index in [2.05, 4.69) is 0 Å². The van der Waals surface area contributed by atoms with E-state index in [0.717, 1.165) is 16.5 Å². The molecule has 5 nitrogen and oxygen atoms in total. The zero-order valence-electron chi connectivity index (χ0n) is 11.9. The fourth-order valence-electron chi connectivity index (χ4n) is 2.81. The number of amides is 1. The van der Waals surface area contributed by atoms with Gasteiger partial charge in [0.25, 0.3) is 5.91 Å². The highest BCUT2D eigenvalue weighted by molar-refractivity contribution is 6.01. The van der Waals surface area contributed by atoms with Gasteiger partial charge in [0.05, 0.1) is 0 Å². The lowest BCUT2D eigenvalue weighted by Crippen LogP contribution is -2.41. The van der Waals surface area contributed by atoms with Crippen molar-refractivity contribution in [3.63, 3.8) is 0 Å². The largest absolute Gasteiger partial charge is 0.479 e. The van der Waals surface area contributed by atoms with E-state index < -0.39 is 12.0 Å². The van der Waals surface area contributed by atoms with E-state index in [1.165, 1.54) is 4.90 Å². The van der Waals surface area contributed by atoms with Gasteiger partial charge in [-0.1, -0.05) is 24.3 Å².